The number of ether oxygens (including phenoxy) is 2. The van der Waals surface area contributed by atoms with Crippen molar-refractivity contribution >= 4 is 21.6 Å². The van der Waals surface area contributed by atoms with Crippen LogP contribution < -0.4 is 0 Å². The van der Waals surface area contributed by atoms with Gasteiger partial charge in [-0.3, -0.25) is 0 Å². The van der Waals surface area contributed by atoms with Crippen LogP contribution in [0.25, 0.3) is 0 Å². The molecule has 3 rings (SSSR count). The van der Waals surface area contributed by atoms with Crippen LogP contribution in [-0.2, 0) is 19.5 Å². The van der Waals surface area contributed by atoms with Crippen LogP contribution in [0, 0.1) is 0 Å². The Morgan fingerprint density at radius 2 is 1.95 bits per heavy atom. The number of rotatable bonds is 3. The van der Waals surface area contributed by atoms with Gasteiger partial charge in [0.25, 0.3) is 0 Å². The van der Waals surface area contributed by atoms with Crippen molar-refractivity contribution in [3.05, 3.63) is 29.3 Å². The maximum atomic E-state index is 12.9. The van der Waals surface area contributed by atoms with Crippen molar-refractivity contribution in [3.63, 3.8) is 0 Å². The molecule has 0 radical (unpaired) electrons. The first-order valence-corrected chi connectivity index (χ1v) is 8.91. The molecule has 0 aliphatic carbocycles. The number of nitrogens with zero attached hydrogens (tertiary/aromatic N) is 1. The van der Waals surface area contributed by atoms with Crippen molar-refractivity contribution in [1.29, 1.82) is 0 Å². The van der Waals surface area contributed by atoms with Gasteiger partial charge in [-0.15, -0.1) is 0 Å². The Bertz CT molecular complexity index is 601. The van der Waals surface area contributed by atoms with Gasteiger partial charge < -0.3 is 9.47 Å². The van der Waals surface area contributed by atoms with Crippen LogP contribution >= 0.6 is 11.6 Å². The fraction of sp³-hybridized carbons (Fsp3) is 0.571. The van der Waals surface area contributed by atoms with E-state index in [2.05, 4.69) is 0 Å². The van der Waals surface area contributed by atoms with E-state index in [1.54, 1.807) is 18.2 Å². The summed E-state index contributed by atoms with van der Waals surface area (Å²) in [5, 5.41) is 0.415. The molecule has 2 heterocycles. The van der Waals surface area contributed by atoms with Gasteiger partial charge in [0.15, 0.2) is 6.29 Å². The summed E-state index contributed by atoms with van der Waals surface area (Å²) in [4.78, 5) is 0.222. The molecule has 2 saturated heterocycles. The highest BCUT2D eigenvalue weighted by Crippen LogP contribution is 2.30. The summed E-state index contributed by atoms with van der Waals surface area (Å²) in [5.41, 5.74) is 0. The monoisotopic (exact) mass is 331 g/mol. The van der Waals surface area contributed by atoms with Crippen molar-refractivity contribution < 1.29 is 17.9 Å². The lowest BCUT2D eigenvalue weighted by Gasteiger charge is -2.36. The standard InChI is InChI=1S/C14H18ClNO4S/c15-11-4-3-5-12(10-11)21(17,18)16-7-2-1-6-13(16)14-19-8-9-20-14/h3-5,10,13-14H,1-2,6-9H2. The molecule has 116 valence electrons. The average Bonchev–Trinajstić information content (AvgIpc) is 3.01. The van der Waals surface area contributed by atoms with E-state index in [-0.39, 0.29) is 10.9 Å². The predicted octanol–water partition coefficient (Wildman–Crippen LogP) is 2.26. The molecule has 0 aromatic heterocycles. The van der Waals surface area contributed by atoms with Crippen molar-refractivity contribution in [1.82, 2.24) is 4.31 Å². The van der Waals surface area contributed by atoms with Gasteiger partial charge in [-0.05, 0) is 31.0 Å². The van der Waals surface area contributed by atoms with E-state index in [9.17, 15) is 8.42 Å². The highest BCUT2D eigenvalue weighted by atomic mass is 35.5. The zero-order chi connectivity index (χ0) is 14.9. The molecule has 1 unspecified atom stereocenters. The van der Waals surface area contributed by atoms with Crippen LogP contribution in [0.3, 0.4) is 0 Å². The topological polar surface area (TPSA) is 55.8 Å². The summed E-state index contributed by atoms with van der Waals surface area (Å²) in [6.07, 6.45) is 2.13. The van der Waals surface area contributed by atoms with Gasteiger partial charge in [0.05, 0.1) is 24.2 Å². The van der Waals surface area contributed by atoms with Crippen LogP contribution in [0.5, 0.6) is 0 Å². The first-order chi connectivity index (χ1) is 10.1. The molecule has 0 amide bonds. The van der Waals surface area contributed by atoms with E-state index in [4.69, 9.17) is 21.1 Å². The number of benzene rings is 1. The minimum Gasteiger partial charge on any atom is -0.349 e. The molecular formula is C14H18ClNO4S. The van der Waals surface area contributed by atoms with Gasteiger partial charge in [0.1, 0.15) is 0 Å². The third-order valence-electron chi connectivity index (χ3n) is 3.86. The fourth-order valence-electron chi connectivity index (χ4n) is 2.86. The lowest BCUT2D eigenvalue weighted by molar-refractivity contribution is -0.0913. The van der Waals surface area contributed by atoms with E-state index in [1.165, 1.54) is 10.4 Å². The largest absolute Gasteiger partial charge is 0.349 e. The maximum absolute atomic E-state index is 12.9. The second kappa shape index (κ2) is 6.22. The van der Waals surface area contributed by atoms with Crippen molar-refractivity contribution in [2.45, 2.75) is 36.5 Å². The lowest BCUT2D eigenvalue weighted by atomic mass is 10.0. The molecule has 0 bridgehead atoms. The molecule has 21 heavy (non-hydrogen) atoms. The Kier molecular flexibility index (Phi) is 4.51. The number of piperidine rings is 1. The summed E-state index contributed by atoms with van der Waals surface area (Å²) < 4.78 is 38.3. The summed E-state index contributed by atoms with van der Waals surface area (Å²) in [7, 11) is -3.58. The molecular weight excluding hydrogens is 314 g/mol. The molecule has 5 nitrogen and oxygen atoms in total. The maximum Gasteiger partial charge on any atom is 0.243 e. The zero-order valence-corrected chi connectivity index (χ0v) is 13.1. The molecule has 7 heteroatoms. The fourth-order valence-corrected chi connectivity index (χ4v) is 4.85. The second-order valence-electron chi connectivity index (χ2n) is 5.25. The molecule has 1 atom stereocenters. The minimum atomic E-state index is -3.58. The van der Waals surface area contributed by atoms with Gasteiger partial charge in [-0.1, -0.05) is 24.1 Å². The highest BCUT2D eigenvalue weighted by molar-refractivity contribution is 7.89. The molecule has 2 aliphatic rings. The van der Waals surface area contributed by atoms with Crippen LogP contribution in [0.4, 0.5) is 0 Å². The average molecular weight is 332 g/mol. The Morgan fingerprint density at radius 1 is 1.19 bits per heavy atom. The lowest BCUT2D eigenvalue weighted by Crippen LogP contribution is -2.50. The third-order valence-corrected chi connectivity index (χ3v) is 6.02. The van der Waals surface area contributed by atoms with Crippen LogP contribution in [-0.4, -0.2) is 44.8 Å². The molecule has 1 aromatic rings. The van der Waals surface area contributed by atoms with Gasteiger partial charge >= 0.3 is 0 Å². The Hall–Kier alpha value is -0.660. The quantitative estimate of drug-likeness (QED) is 0.852. The summed E-state index contributed by atoms with van der Waals surface area (Å²) in [6, 6.07) is 6.11. The molecule has 2 aliphatic heterocycles. The van der Waals surface area contributed by atoms with Crippen LogP contribution in [0.2, 0.25) is 5.02 Å². The summed E-state index contributed by atoms with van der Waals surface area (Å²) >= 11 is 5.92. The molecule has 0 spiro atoms. The van der Waals surface area contributed by atoms with E-state index >= 15 is 0 Å². The molecule has 0 N–H and O–H groups in total. The van der Waals surface area contributed by atoms with Crippen LogP contribution in [0.1, 0.15) is 19.3 Å². The van der Waals surface area contributed by atoms with E-state index < -0.39 is 16.3 Å². The smallest absolute Gasteiger partial charge is 0.243 e. The highest BCUT2D eigenvalue weighted by Gasteiger charge is 2.40. The first kappa shape index (κ1) is 15.2. The summed E-state index contributed by atoms with van der Waals surface area (Å²) in [6.45, 7) is 1.53. The van der Waals surface area contributed by atoms with Gasteiger partial charge in [-0.2, -0.15) is 4.31 Å². The Labute approximate surface area is 129 Å². The molecule has 1 aromatic carbocycles. The van der Waals surface area contributed by atoms with Crippen molar-refractivity contribution in [2.24, 2.45) is 0 Å². The second-order valence-corrected chi connectivity index (χ2v) is 7.57. The molecule has 2 fully saturated rings. The third kappa shape index (κ3) is 3.10. The van der Waals surface area contributed by atoms with Gasteiger partial charge in [-0.25, -0.2) is 8.42 Å². The van der Waals surface area contributed by atoms with E-state index in [0.717, 1.165) is 19.3 Å². The van der Waals surface area contributed by atoms with Gasteiger partial charge in [0, 0.05) is 11.6 Å². The predicted molar refractivity (Wildman–Crippen MR) is 78.7 cm³/mol. The van der Waals surface area contributed by atoms with Crippen LogP contribution in [0.15, 0.2) is 29.2 Å². The number of sulfonamides is 1. The van der Waals surface area contributed by atoms with E-state index in [1.807, 2.05) is 0 Å². The number of hydrogen-bond acceptors (Lipinski definition) is 4. The first-order valence-electron chi connectivity index (χ1n) is 7.10. The normalized spacial score (nSPS) is 25.3. The van der Waals surface area contributed by atoms with Crippen molar-refractivity contribution in [2.75, 3.05) is 19.8 Å². The summed E-state index contributed by atoms with van der Waals surface area (Å²) in [5.74, 6) is 0. The molecule has 0 saturated carbocycles. The Balaban J connectivity index is 1.91. The number of hydrogen-bond donors (Lipinski definition) is 0. The Morgan fingerprint density at radius 3 is 2.67 bits per heavy atom. The zero-order valence-electron chi connectivity index (χ0n) is 11.6. The minimum absolute atomic E-state index is 0.222. The van der Waals surface area contributed by atoms with Gasteiger partial charge in [0.2, 0.25) is 10.0 Å². The SMILES string of the molecule is O=S(=O)(c1cccc(Cl)c1)N1CCCCC1C1OCCO1. The van der Waals surface area contributed by atoms with Crippen molar-refractivity contribution in [3.8, 4) is 0 Å². The van der Waals surface area contributed by atoms with E-state index in [0.29, 0.717) is 24.8 Å². The number of halogens is 1.